The summed E-state index contributed by atoms with van der Waals surface area (Å²) in [6.07, 6.45) is 0. The fourth-order valence-corrected chi connectivity index (χ4v) is 2.79. The molecule has 0 unspecified atom stereocenters. The lowest BCUT2D eigenvalue weighted by atomic mass is 10.0. The molecule has 0 spiro atoms. The van der Waals surface area contributed by atoms with Crippen LogP contribution in [0.2, 0.25) is 5.02 Å². The molecule has 4 rings (SSSR count). The van der Waals surface area contributed by atoms with Crippen LogP contribution in [-0.2, 0) is 0 Å². The third kappa shape index (κ3) is 1.71. The van der Waals surface area contributed by atoms with Crippen molar-refractivity contribution in [2.75, 3.05) is 0 Å². The van der Waals surface area contributed by atoms with Crippen LogP contribution >= 0.6 is 11.6 Å². The SMILES string of the molecule is Clc1ccc2oc3c(-c4ccccc4)cccc3c2c1. The highest BCUT2D eigenvalue weighted by molar-refractivity contribution is 6.31. The Labute approximate surface area is 121 Å². The second-order valence-electron chi connectivity index (χ2n) is 4.79. The van der Waals surface area contributed by atoms with Gasteiger partial charge in [0.1, 0.15) is 11.2 Å². The zero-order valence-electron chi connectivity index (χ0n) is 10.6. The monoisotopic (exact) mass is 278 g/mol. The number of fused-ring (bicyclic) bond motifs is 3. The zero-order valence-corrected chi connectivity index (χ0v) is 11.4. The van der Waals surface area contributed by atoms with E-state index < -0.39 is 0 Å². The number of hydrogen-bond acceptors (Lipinski definition) is 1. The van der Waals surface area contributed by atoms with Crippen LogP contribution in [0.25, 0.3) is 33.1 Å². The van der Waals surface area contributed by atoms with E-state index in [2.05, 4.69) is 30.3 Å². The summed E-state index contributed by atoms with van der Waals surface area (Å²) in [5, 5.41) is 2.89. The van der Waals surface area contributed by atoms with E-state index in [4.69, 9.17) is 16.0 Å². The van der Waals surface area contributed by atoms with E-state index in [9.17, 15) is 0 Å². The van der Waals surface area contributed by atoms with E-state index in [-0.39, 0.29) is 0 Å². The van der Waals surface area contributed by atoms with Crippen molar-refractivity contribution in [1.29, 1.82) is 0 Å². The highest BCUT2D eigenvalue weighted by Crippen LogP contribution is 2.36. The number of halogens is 1. The van der Waals surface area contributed by atoms with Gasteiger partial charge in [0.2, 0.25) is 0 Å². The Morgan fingerprint density at radius 2 is 1.60 bits per heavy atom. The Bertz CT molecular complexity index is 907. The van der Waals surface area contributed by atoms with Crippen molar-refractivity contribution in [3.05, 3.63) is 71.8 Å². The molecule has 3 aromatic carbocycles. The van der Waals surface area contributed by atoms with E-state index in [1.807, 2.05) is 36.4 Å². The molecular formula is C18H11ClO. The molecule has 0 atom stereocenters. The topological polar surface area (TPSA) is 13.1 Å². The van der Waals surface area contributed by atoms with Crippen molar-refractivity contribution < 1.29 is 4.42 Å². The van der Waals surface area contributed by atoms with Gasteiger partial charge in [-0.05, 0) is 23.8 Å². The first kappa shape index (κ1) is 11.6. The lowest BCUT2D eigenvalue weighted by Gasteiger charge is -2.01. The molecule has 96 valence electrons. The van der Waals surface area contributed by atoms with Gasteiger partial charge in [0.25, 0.3) is 0 Å². The minimum absolute atomic E-state index is 0.727. The first-order valence-electron chi connectivity index (χ1n) is 6.49. The fraction of sp³-hybridized carbons (Fsp3) is 0. The number of hydrogen-bond donors (Lipinski definition) is 0. The molecule has 0 aliphatic carbocycles. The van der Waals surface area contributed by atoms with Gasteiger partial charge in [0.15, 0.2) is 0 Å². The Kier molecular flexibility index (Phi) is 2.54. The van der Waals surface area contributed by atoms with Gasteiger partial charge in [-0.15, -0.1) is 0 Å². The van der Waals surface area contributed by atoms with Gasteiger partial charge in [-0.2, -0.15) is 0 Å². The fourth-order valence-electron chi connectivity index (χ4n) is 2.62. The van der Waals surface area contributed by atoms with Crippen molar-refractivity contribution in [3.8, 4) is 11.1 Å². The second-order valence-corrected chi connectivity index (χ2v) is 5.23. The molecule has 1 heterocycles. The molecule has 0 bridgehead atoms. The molecular weight excluding hydrogens is 268 g/mol. The van der Waals surface area contributed by atoms with Gasteiger partial charge >= 0.3 is 0 Å². The number of rotatable bonds is 1. The first-order valence-corrected chi connectivity index (χ1v) is 6.87. The largest absolute Gasteiger partial charge is 0.455 e. The van der Waals surface area contributed by atoms with Crippen LogP contribution in [0.3, 0.4) is 0 Å². The molecule has 2 heteroatoms. The van der Waals surface area contributed by atoms with Crippen LogP contribution in [0.4, 0.5) is 0 Å². The van der Waals surface area contributed by atoms with E-state index in [1.165, 1.54) is 0 Å². The summed E-state index contributed by atoms with van der Waals surface area (Å²) >= 11 is 6.09. The van der Waals surface area contributed by atoms with Crippen LogP contribution in [0.1, 0.15) is 0 Å². The molecule has 0 fully saturated rings. The van der Waals surface area contributed by atoms with Crippen molar-refractivity contribution in [2.45, 2.75) is 0 Å². The third-order valence-electron chi connectivity index (χ3n) is 3.54. The van der Waals surface area contributed by atoms with Crippen LogP contribution in [-0.4, -0.2) is 0 Å². The number of benzene rings is 3. The summed E-state index contributed by atoms with van der Waals surface area (Å²) in [5.41, 5.74) is 4.04. The predicted octanol–water partition coefficient (Wildman–Crippen LogP) is 5.91. The molecule has 0 radical (unpaired) electrons. The minimum Gasteiger partial charge on any atom is -0.455 e. The van der Waals surface area contributed by atoms with Crippen LogP contribution < -0.4 is 0 Å². The average Bonchev–Trinajstić information content (AvgIpc) is 2.86. The van der Waals surface area contributed by atoms with E-state index in [0.717, 1.165) is 38.1 Å². The summed E-state index contributed by atoms with van der Waals surface area (Å²) in [6.45, 7) is 0. The minimum atomic E-state index is 0.727. The normalized spacial score (nSPS) is 11.2. The van der Waals surface area contributed by atoms with Gasteiger partial charge in [-0.3, -0.25) is 0 Å². The lowest BCUT2D eigenvalue weighted by molar-refractivity contribution is 0.670. The summed E-state index contributed by atoms with van der Waals surface area (Å²) < 4.78 is 6.03. The van der Waals surface area contributed by atoms with Crippen LogP contribution in [0, 0.1) is 0 Å². The third-order valence-corrected chi connectivity index (χ3v) is 3.78. The molecule has 1 nitrogen and oxygen atoms in total. The van der Waals surface area contributed by atoms with E-state index in [0.29, 0.717) is 0 Å². The highest BCUT2D eigenvalue weighted by atomic mass is 35.5. The van der Waals surface area contributed by atoms with Gasteiger partial charge in [-0.25, -0.2) is 0 Å². The maximum Gasteiger partial charge on any atom is 0.143 e. The zero-order chi connectivity index (χ0) is 13.5. The summed E-state index contributed by atoms with van der Waals surface area (Å²) in [6, 6.07) is 22.2. The number of para-hydroxylation sites is 1. The second kappa shape index (κ2) is 4.39. The molecule has 0 aliphatic heterocycles. The van der Waals surface area contributed by atoms with E-state index >= 15 is 0 Å². The Hall–Kier alpha value is -2.25. The lowest BCUT2D eigenvalue weighted by Crippen LogP contribution is -1.77. The smallest absolute Gasteiger partial charge is 0.143 e. The molecule has 0 saturated heterocycles. The van der Waals surface area contributed by atoms with E-state index in [1.54, 1.807) is 0 Å². The van der Waals surface area contributed by atoms with Gasteiger partial charge in [-0.1, -0.05) is 60.1 Å². The van der Waals surface area contributed by atoms with Crippen LogP contribution in [0.5, 0.6) is 0 Å². The van der Waals surface area contributed by atoms with Crippen molar-refractivity contribution in [1.82, 2.24) is 0 Å². The first-order chi connectivity index (χ1) is 9.83. The van der Waals surface area contributed by atoms with Gasteiger partial charge in [0, 0.05) is 21.4 Å². The van der Waals surface area contributed by atoms with Crippen LogP contribution in [0.15, 0.2) is 71.1 Å². The maximum atomic E-state index is 6.09. The van der Waals surface area contributed by atoms with Crippen molar-refractivity contribution in [3.63, 3.8) is 0 Å². The predicted molar refractivity (Wildman–Crippen MR) is 84.2 cm³/mol. The molecule has 0 N–H and O–H groups in total. The van der Waals surface area contributed by atoms with Crippen molar-refractivity contribution >= 4 is 33.5 Å². The van der Waals surface area contributed by atoms with Gasteiger partial charge < -0.3 is 4.42 Å². The molecule has 4 aromatic rings. The summed E-state index contributed by atoms with van der Waals surface area (Å²) in [7, 11) is 0. The highest BCUT2D eigenvalue weighted by Gasteiger charge is 2.11. The molecule has 20 heavy (non-hydrogen) atoms. The molecule has 0 saturated carbocycles. The average molecular weight is 279 g/mol. The molecule has 1 aromatic heterocycles. The standard InChI is InChI=1S/C18H11ClO/c19-13-9-10-17-16(11-13)15-8-4-7-14(18(15)20-17)12-5-2-1-3-6-12/h1-11H. The quantitative estimate of drug-likeness (QED) is 0.422. The Balaban J connectivity index is 2.11. The summed E-state index contributed by atoms with van der Waals surface area (Å²) in [4.78, 5) is 0. The molecule has 0 amide bonds. The Morgan fingerprint density at radius 3 is 2.45 bits per heavy atom. The molecule has 0 aliphatic rings. The summed E-state index contributed by atoms with van der Waals surface area (Å²) in [5.74, 6) is 0. The number of furan rings is 1. The van der Waals surface area contributed by atoms with Gasteiger partial charge in [0.05, 0.1) is 0 Å². The Morgan fingerprint density at radius 1 is 0.750 bits per heavy atom. The van der Waals surface area contributed by atoms with Crippen molar-refractivity contribution in [2.24, 2.45) is 0 Å². The maximum absolute atomic E-state index is 6.09.